The van der Waals surface area contributed by atoms with E-state index < -0.39 is 20.0 Å². The lowest BCUT2D eigenvalue weighted by Crippen LogP contribution is -2.52. The topological polar surface area (TPSA) is 6.48 Å². The van der Waals surface area contributed by atoms with Gasteiger partial charge in [0.15, 0.2) is 0 Å². The monoisotopic (exact) mass is 268 g/mol. The van der Waals surface area contributed by atoms with Gasteiger partial charge in [0.1, 0.15) is 0 Å². The summed E-state index contributed by atoms with van der Waals surface area (Å²) >= 11 is 17.7. The van der Waals surface area contributed by atoms with E-state index >= 15 is 0 Å². The Morgan fingerprint density at radius 1 is 0.667 bits per heavy atom. The van der Waals surface area contributed by atoms with Crippen LogP contribution in [-0.4, -0.2) is 20.0 Å². The van der Waals surface area contributed by atoms with Gasteiger partial charge >= 0.3 is 12.1 Å². The highest BCUT2D eigenvalue weighted by molar-refractivity contribution is 6.35. The molecule has 0 saturated heterocycles. The summed E-state index contributed by atoms with van der Waals surface area (Å²) in [5.74, 6) is 0. The smallest absolute Gasteiger partial charge is 0.177 e. The summed E-state index contributed by atoms with van der Waals surface area (Å²) in [6, 6.07) is -9.78. The number of halogens is 8. The maximum atomic E-state index is 12.3. The minimum absolute atomic E-state index is 1.04. The molecular weight excluding hydrogens is 270 g/mol. The fraction of sp³-hybridized carbons (Fsp3) is 1.00. The average molecular weight is 270 g/mol. The average Bonchev–Trinajstić information content (AvgIpc) is 1.86. The standard InChI is InChI=1S/C2Cl4F4N2/c3-11(4)1(7,8)2(9,10)12(5)6. The molecular formula is C2Cl4F4N2. The molecule has 0 saturated carbocycles. The highest BCUT2D eigenvalue weighted by Gasteiger charge is 2.64. The fourth-order valence-corrected chi connectivity index (χ4v) is 0.610. The van der Waals surface area contributed by atoms with Gasteiger partial charge in [-0.15, -0.1) is 0 Å². The Balaban J connectivity index is 4.75. The van der Waals surface area contributed by atoms with Gasteiger partial charge in [-0.2, -0.15) is 17.6 Å². The zero-order valence-electron chi connectivity index (χ0n) is 4.92. The van der Waals surface area contributed by atoms with Crippen molar-refractivity contribution in [1.29, 1.82) is 0 Å². The van der Waals surface area contributed by atoms with Crippen molar-refractivity contribution in [3.05, 3.63) is 0 Å². The fourth-order valence-electron chi connectivity index (χ4n) is 0.203. The van der Waals surface area contributed by atoms with Crippen LogP contribution in [0.5, 0.6) is 0 Å². The first-order chi connectivity index (χ1) is 5.14. The summed E-state index contributed by atoms with van der Waals surface area (Å²) in [4.78, 5) is 0. The SMILES string of the molecule is FC(F)(N(Cl)Cl)C(F)(F)N(Cl)Cl. The van der Waals surface area contributed by atoms with Gasteiger partial charge in [0.2, 0.25) is 0 Å². The quantitative estimate of drug-likeness (QED) is 0.440. The lowest BCUT2D eigenvalue weighted by Gasteiger charge is -2.28. The van der Waals surface area contributed by atoms with Crippen LogP contribution in [-0.2, 0) is 0 Å². The van der Waals surface area contributed by atoms with Crippen LogP contribution in [0.25, 0.3) is 0 Å². The molecule has 74 valence electrons. The van der Waals surface area contributed by atoms with Crippen LogP contribution in [0, 0.1) is 0 Å². The van der Waals surface area contributed by atoms with Gasteiger partial charge in [-0.1, -0.05) is 7.88 Å². The number of hydrogen-bond donors (Lipinski definition) is 0. The predicted molar refractivity (Wildman–Crippen MR) is 37.0 cm³/mol. The molecule has 0 amide bonds. The summed E-state index contributed by atoms with van der Waals surface area (Å²) < 4.78 is 47.0. The molecule has 12 heavy (non-hydrogen) atoms. The van der Waals surface area contributed by atoms with Crippen molar-refractivity contribution in [3.8, 4) is 0 Å². The largest absolute Gasteiger partial charge is 0.410 e. The second-order valence-electron chi connectivity index (χ2n) is 1.55. The molecule has 0 aliphatic carbocycles. The Bertz CT molecular complexity index is 143. The van der Waals surface area contributed by atoms with Crippen LogP contribution in [0.3, 0.4) is 0 Å². The van der Waals surface area contributed by atoms with Crippen molar-refractivity contribution >= 4 is 47.1 Å². The van der Waals surface area contributed by atoms with Crippen LogP contribution < -0.4 is 0 Å². The van der Waals surface area contributed by atoms with E-state index in [1.807, 2.05) is 0 Å². The molecule has 0 aromatic rings. The van der Waals surface area contributed by atoms with Gasteiger partial charge in [0.05, 0.1) is 0 Å². The molecule has 0 rings (SSSR count). The van der Waals surface area contributed by atoms with Gasteiger partial charge in [0, 0.05) is 47.1 Å². The predicted octanol–water partition coefficient (Wildman–Crippen LogP) is 3.39. The Morgan fingerprint density at radius 3 is 0.917 bits per heavy atom. The van der Waals surface area contributed by atoms with Crippen molar-refractivity contribution in [3.63, 3.8) is 0 Å². The molecule has 0 aliphatic heterocycles. The zero-order valence-corrected chi connectivity index (χ0v) is 7.94. The van der Waals surface area contributed by atoms with Crippen molar-refractivity contribution in [2.75, 3.05) is 0 Å². The second kappa shape index (κ2) is 3.89. The lowest BCUT2D eigenvalue weighted by molar-refractivity contribution is -0.274. The van der Waals surface area contributed by atoms with E-state index in [1.54, 1.807) is 0 Å². The van der Waals surface area contributed by atoms with Gasteiger partial charge in [-0.3, -0.25) is 0 Å². The van der Waals surface area contributed by atoms with E-state index in [4.69, 9.17) is 0 Å². The van der Waals surface area contributed by atoms with Crippen molar-refractivity contribution in [2.45, 2.75) is 12.1 Å². The van der Waals surface area contributed by atoms with E-state index in [0.717, 1.165) is 0 Å². The third-order valence-corrected chi connectivity index (χ3v) is 1.64. The first-order valence-electron chi connectivity index (χ1n) is 2.13. The van der Waals surface area contributed by atoms with Crippen LogP contribution in [0.4, 0.5) is 17.6 Å². The van der Waals surface area contributed by atoms with Gasteiger partial charge in [-0.25, -0.2) is 0 Å². The third-order valence-electron chi connectivity index (χ3n) is 0.786. The van der Waals surface area contributed by atoms with E-state index in [2.05, 4.69) is 47.1 Å². The Labute approximate surface area is 84.9 Å². The summed E-state index contributed by atoms with van der Waals surface area (Å²) in [6.07, 6.45) is 0. The molecule has 0 bridgehead atoms. The van der Waals surface area contributed by atoms with E-state index in [1.165, 1.54) is 0 Å². The lowest BCUT2D eigenvalue weighted by atomic mass is 10.5. The number of nitrogens with zero attached hydrogens (tertiary/aromatic N) is 2. The Morgan fingerprint density at radius 2 is 0.833 bits per heavy atom. The first kappa shape index (κ1) is 12.8. The second-order valence-corrected chi connectivity index (χ2v) is 3.25. The minimum atomic E-state index is -4.89. The molecule has 0 heterocycles. The van der Waals surface area contributed by atoms with Gasteiger partial charge < -0.3 is 0 Å². The molecule has 0 N–H and O–H groups in total. The van der Waals surface area contributed by atoms with E-state index in [-0.39, 0.29) is 0 Å². The molecule has 0 fully saturated rings. The third kappa shape index (κ3) is 2.18. The summed E-state index contributed by atoms with van der Waals surface area (Å²) in [6.45, 7) is 0. The Kier molecular flexibility index (Phi) is 4.15. The van der Waals surface area contributed by atoms with Crippen LogP contribution >= 0.6 is 47.1 Å². The number of alkyl halides is 4. The maximum Gasteiger partial charge on any atom is 0.410 e. The van der Waals surface area contributed by atoms with E-state index in [0.29, 0.717) is 0 Å². The Hall–Kier alpha value is 0.800. The number of hydrogen-bond acceptors (Lipinski definition) is 2. The van der Waals surface area contributed by atoms with E-state index in [9.17, 15) is 17.6 Å². The zero-order chi connectivity index (χ0) is 10.2. The van der Waals surface area contributed by atoms with Crippen molar-refractivity contribution < 1.29 is 17.6 Å². The van der Waals surface area contributed by atoms with Crippen LogP contribution in [0.1, 0.15) is 0 Å². The number of rotatable bonds is 3. The molecule has 0 aromatic carbocycles. The van der Waals surface area contributed by atoms with Crippen molar-refractivity contribution in [2.24, 2.45) is 0 Å². The molecule has 2 nitrogen and oxygen atoms in total. The molecule has 0 spiro atoms. The van der Waals surface area contributed by atoms with Gasteiger partial charge in [0.25, 0.3) is 0 Å². The maximum absolute atomic E-state index is 12.3. The normalized spacial score (nSPS) is 14.5. The molecule has 0 aliphatic rings. The minimum Gasteiger partial charge on any atom is -0.177 e. The van der Waals surface area contributed by atoms with Crippen LogP contribution in [0.2, 0.25) is 0 Å². The summed E-state index contributed by atoms with van der Waals surface area (Å²) in [5, 5.41) is 0. The highest BCUT2D eigenvalue weighted by atomic mass is 35.5. The molecule has 0 atom stereocenters. The molecule has 0 unspecified atom stereocenters. The highest BCUT2D eigenvalue weighted by Crippen LogP contribution is 2.43. The molecule has 0 aromatic heterocycles. The van der Waals surface area contributed by atoms with Crippen molar-refractivity contribution in [1.82, 2.24) is 7.88 Å². The molecule has 10 heteroatoms. The van der Waals surface area contributed by atoms with Crippen LogP contribution in [0.15, 0.2) is 0 Å². The molecule has 0 radical (unpaired) electrons. The summed E-state index contributed by atoms with van der Waals surface area (Å²) in [7, 11) is 0. The van der Waals surface area contributed by atoms with Gasteiger partial charge in [-0.05, 0) is 0 Å². The summed E-state index contributed by atoms with van der Waals surface area (Å²) in [5.41, 5.74) is 0. The first-order valence-corrected chi connectivity index (χ1v) is 3.48.